The Bertz CT molecular complexity index is 393. The number of hydrogen-bond donors (Lipinski definition) is 0. The fourth-order valence-electron chi connectivity index (χ4n) is 2.82. The third-order valence-corrected chi connectivity index (χ3v) is 3.75. The summed E-state index contributed by atoms with van der Waals surface area (Å²) in [4.78, 5) is 4.76. The molecule has 2 heteroatoms. The van der Waals surface area contributed by atoms with Gasteiger partial charge in [-0.1, -0.05) is 43.2 Å². The highest BCUT2D eigenvalue weighted by molar-refractivity contribution is 5.80. The summed E-state index contributed by atoms with van der Waals surface area (Å²) in [6.45, 7) is 0.778. The molecule has 2 aliphatic rings. The van der Waals surface area contributed by atoms with Crippen molar-refractivity contribution in [3.8, 4) is 0 Å². The van der Waals surface area contributed by atoms with Crippen LogP contribution in [0.2, 0.25) is 0 Å². The van der Waals surface area contributed by atoms with E-state index in [1.54, 1.807) is 0 Å². The van der Waals surface area contributed by atoms with Crippen molar-refractivity contribution in [2.45, 2.75) is 38.1 Å². The first kappa shape index (κ1) is 10.8. The monoisotopic (exact) mass is 229 g/mol. The Balaban J connectivity index is 1.62. The maximum atomic E-state index is 5.77. The number of ether oxygens (including phenoxy) is 1. The lowest BCUT2D eigenvalue weighted by molar-refractivity contribution is 0.297. The smallest absolute Gasteiger partial charge is 0.186 e. The van der Waals surface area contributed by atoms with Gasteiger partial charge in [0.15, 0.2) is 5.90 Å². The minimum Gasteiger partial charge on any atom is -0.478 e. The number of hydrogen-bond acceptors (Lipinski definition) is 2. The summed E-state index contributed by atoms with van der Waals surface area (Å²) in [5.41, 5.74) is 1.36. The summed E-state index contributed by atoms with van der Waals surface area (Å²) >= 11 is 0. The van der Waals surface area contributed by atoms with Crippen LogP contribution in [0.1, 0.15) is 31.2 Å². The summed E-state index contributed by atoms with van der Waals surface area (Å²) in [5.74, 6) is 1.67. The van der Waals surface area contributed by atoms with Crippen LogP contribution < -0.4 is 0 Å². The van der Waals surface area contributed by atoms with Crippen molar-refractivity contribution < 1.29 is 4.74 Å². The predicted octanol–water partition coefficient (Wildman–Crippen LogP) is 3.22. The Kier molecular flexibility index (Phi) is 3.12. The van der Waals surface area contributed by atoms with Gasteiger partial charge in [0.1, 0.15) is 6.61 Å². The molecule has 0 spiro atoms. The van der Waals surface area contributed by atoms with Crippen molar-refractivity contribution >= 4 is 5.90 Å². The molecule has 0 radical (unpaired) electrons. The van der Waals surface area contributed by atoms with E-state index in [2.05, 4.69) is 30.3 Å². The lowest BCUT2D eigenvalue weighted by Crippen LogP contribution is -2.11. The molecule has 1 aliphatic carbocycles. The molecule has 1 aliphatic heterocycles. The molecular formula is C15H19NO. The number of rotatable bonds is 3. The summed E-state index contributed by atoms with van der Waals surface area (Å²) in [6, 6.07) is 10.9. The first-order chi connectivity index (χ1) is 8.42. The second-order valence-electron chi connectivity index (χ2n) is 5.10. The Hall–Kier alpha value is -1.31. The predicted molar refractivity (Wildman–Crippen MR) is 69.3 cm³/mol. The Morgan fingerprint density at radius 2 is 1.88 bits per heavy atom. The van der Waals surface area contributed by atoms with E-state index >= 15 is 0 Å². The molecular weight excluding hydrogens is 210 g/mol. The summed E-state index contributed by atoms with van der Waals surface area (Å²) in [6.07, 6.45) is 6.25. The molecule has 1 fully saturated rings. The quantitative estimate of drug-likeness (QED) is 0.780. The Morgan fingerprint density at radius 3 is 2.65 bits per heavy atom. The van der Waals surface area contributed by atoms with Gasteiger partial charge in [0, 0.05) is 5.92 Å². The van der Waals surface area contributed by atoms with Crippen molar-refractivity contribution in [3.63, 3.8) is 0 Å². The molecule has 1 heterocycles. The van der Waals surface area contributed by atoms with Crippen LogP contribution in [0.3, 0.4) is 0 Å². The number of aliphatic imine (C=N–C) groups is 1. The molecule has 0 saturated heterocycles. The van der Waals surface area contributed by atoms with E-state index in [9.17, 15) is 0 Å². The maximum Gasteiger partial charge on any atom is 0.186 e. The average molecular weight is 229 g/mol. The van der Waals surface area contributed by atoms with Crippen molar-refractivity contribution in [2.24, 2.45) is 10.9 Å². The van der Waals surface area contributed by atoms with Crippen molar-refractivity contribution in [1.29, 1.82) is 0 Å². The van der Waals surface area contributed by atoms with Gasteiger partial charge in [-0.05, 0) is 24.8 Å². The molecule has 0 bridgehead atoms. The van der Waals surface area contributed by atoms with E-state index < -0.39 is 0 Å². The minimum atomic E-state index is 0.341. The topological polar surface area (TPSA) is 21.6 Å². The summed E-state index contributed by atoms with van der Waals surface area (Å²) in [7, 11) is 0. The van der Waals surface area contributed by atoms with E-state index in [1.807, 2.05) is 0 Å². The van der Waals surface area contributed by atoms with Gasteiger partial charge >= 0.3 is 0 Å². The molecule has 0 N–H and O–H groups in total. The first-order valence-electron chi connectivity index (χ1n) is 6.66. The molecule has 90 valence electrons. The van der Waals surface area contributed by atoms with Crippen molar-refractivity contribution in [1.82, 2.24) is 0 Å². The molecule has 1 atom stereocenters. The number of nitrogens with zero attached hydrogens (tertiary/aromatic N) is 1. The van der Waals surface area contributed by atoms with Crippen molar-refractivity contribution in [3.05, 3.63) is 35.9 Å². The van der Waals surface area contributed by atoms with Gasteiger partial charge in [-0.15, -0.1) is 0 Å². The van der Waals surface area contributed by atoms with Gasteiger partial charge in [0.25, 0.3) is 0 Å². The van der Waals surface area contributed by atoms with Crippen LogP contribution in [0, 0.1) is 5.92 Å². The van der Waals surface area contributed by atoms with Gasteiger partial charge < -0.3 is 4.74 Å². The van der Waals surface area contributed by atoms with E-state index in [0.717, 1.165) is 18.9 Å². The Labute approximate surface area is 103 Å². The highest BCUT2D eigenvalue weighted by Gasteiger charge is 2.28. The summed E-state index contributed by atoms with van der Waals surface area (Å²) < 4.78 is 5.77. The standard InChI is InChI=1S/C15H19NO/c1-2-6-12(7-3-1)10-14-11-17-15(16-14)13-8-4-5-9-13/h1-3,6-7,13-14H,4-5,8-11H2/t14-/m0/s1. The zero-order valence-corrected chi connectivity index (χ0v) is 10.1. The highest BCUT2D eigenvalue weighted by Crippen LogP contribution is 2.29. The molecule has 0 aromatic heterocycles. The van der Waals surface area contributed by atoms with Gasteiger partial charge in [-0.25, -0.2) is 4.99 Å². The lowest BCUT2D eigenvalue weighted by atomic mass is 10.1. The van der Waals surface area contributed by atoms with Gasteiger partial charge in [-0.2, -0.15) is 0 Å². The zero-order chi connectivity index (χ0) is 11.5. The van der Waals surface area contributed by atoms with Crippen LogP contribution >= 0.6 is 0 Å². The second-order valence-corrected chi connectivity index (χ2v) is 5.10. The lowest BCUT2D eigenvalue weighted by Gasteiger charge is -2.06. The molecule has 1 aromatic carbocycles. The van der Waals surface area contributed by atoms with E-state index in [4.69, 9.17) is 9.73 Å². The van der Waals surface area contributed by atoms with Crippen LogP contribution in [-0.2, 0) is 11.2 Å². The third-order valence-electron chi connectivity index (χ3n) is 3.75. The van der Waals surface area contributed by atoms with E-state index in [0.29, 0.717) is 12.0 Å². The van der Waals surface area contributed by atoms with Crippen LogP contribution in [-0.4, -0.2) is 18.5 Å². The molecule has 1 saturated carbocycles. The van der Waals surface area contributed by atoms with Gasteiger partial charge in [0.05, 0.1) is 6.04 Å². The van der Waals surface area contributed by atoms with Crippen LogP contribution in [0.15, 0.2) is 35.3 Å². The zero-order valence-electron chi connectivity index (χ0n) is 10.1. The number of benzene rings is 1. The van der Waals surface area contributed by atoms with Crippen LogP contribution in [0.4, 0.5) is 0 Å². The van der Waals surface area contributed by atoms with E-state index in [-0.39, 0.29) is 0 Å². The molecule has 1 aromatic rings. The molecule has 0 amide bonds. The SMILES string of the molecule is c1ccc(C[C@H]2COC(C3CCCC3)=N2)cc1. The highest BCUT2D eigenvalue weighted by atomic mass is 16.5. The maximum absolute atomic E-state index is 5.77. The molecule has 2 nitrogen and oxygen atoms in total. The van der Waals surface area contributed by atoms with Crippen LogP contribution in [0.25, 0.3) is 0 Å². The largest absolute Gasteiger partial charge is 0.478 e. The third kappa shape index (κ3) is 2.51. The molecule has 17 heavy (non-hydrogen) atoms. The fraction of sp³-hybridized carbons (Fsp3) is 0.533. The van der Waals surface area contributed by atoms with Gasteiger partial charge in [0.2, 0.25) is 0 Å². The Morgan fingerprint density at radius 1 is 1.12 bits per heavy atom. The second kappa shape index (κ2) is 4.91. The average Bonchev–Trinajstić information content (AvgIpc) is 3.00. The normalized spacial score (nSPS) is 24.7. The van der Waals surface area contributed by atoms with E-state index in [1.165, 1.54) is 31.2 Å². The minimum absolute atomic E-state index is 0.341. The van der Waals surface area contributed by atoms with Gasteiger partial charge in [-0.3, -0.25) is 0 Å². The molecule has 3 rings (SSSR count). The van der Waals surface area contributed by atoms with Crippen LogP contribution in [0.5, 0.6) is 0 Å². The molecule has 0 unspecified atom stereocenters. The van der Waals surface area contributed by atoms with Crippen molar-refractivity contribution in [2.75, 3.05) is 6.61 Å². The summed E-state index contributed by atoms with van der Waals surface area (Å²) in [5, 5.41) is 0. The fourth-order valence-corrected chi connectivity index (χ4v) is 2.82. The first-order valence-corrected chi connectivity index (χ1v) is 6.66.